The molecule has 0 aromatic carbocycles. The number of carbonyl (C=O) groups excluding carboxylic acids is 1. The summed E-state index contributed by atoms with van der Waals surface area (Å²) in [5, 5.41) is 0. The smallest absolute Gasteiger partial charge is 0.309 e. The second kappa shape index (κ2) is 2.92. The van der Waals surface area contributed by atoms with Crippen molar-refractivity contribution in [3.63, 3.8) is 0 Å². The predicted octanol–water partition coefficient (Wildman–Crippen LogP) is 2.01. The lowest BCUT2D eigenvalue weighted by Crippen LogP contribution is -2.07. The second-order valence-corrected chi connectivity index (χ2v) is 3.87. The number of allylic oxidation sites excluding steroid dienone is 2. The van der Waals surface area contributed by atoms with Crippen LogP contribution in [0.5, 0.6) is 0 Å². The van der Waals surface area contributed by atoms with Crippen molar-refractivity contribution >= 4 is 5.97 Å². The maximum absolute atomic E-state index is 11.2. The van der Waals surface area contributed by atoms with Crippen LogP contribution in [0.2, 0.25) is 0 Å². The zero-order valence-electron chi connectivity index (χ0n) is 8.13. The lowest BCUT2D eigenvalue weighted by molar-refractivity contribution is -0.143. The van der Waals surface area contributed by atoms with Crippen molar-refractivity contribution in [3.8, 4) is 0 Å². The average molecular weight is 168 g/mol. The van der Waals surface area contributed by atoms with E-state index in [-0.39, 0.29) is 17.3 Å². The summed E-state index contributed by atoms with van der Waals surface area (Å²) < 4.78 is 4.71. The quantitative estimate of drug-likeness (QED) is 0.465. The third kappa shape index (κ3) is 1.26. The van der Waals surface area contributed by atoms with Crippen LogP contribution in [0.4, 0.5) is 0 Å². The summed E-state index contributed by atoms with van der Waals surface area (Å²) in [6, 6.07) is 0. The molecule has 2 heteroatoms. The van der Waals surface area contributed by atoms with Crippen molar-refractivity contribution in [1.82, 2.24) is 0 Å². The number of hydrogen-bond acceptors (Lipinski definition) is 2. The van der Waals surface area contributed by atoms with Crippen molar-refractivity contribution in [2.75, 3.05) is 7.11 Å². The largest absolute Gasteiger partial charge is 0.469 e. The lowest BCUT2D eigenvalue weighted by atomic mass is 10.1. The van der Waals surface area contributed by atoms with Crippen LogP contribution in [0.1, 0.15) is 20.8 Å². The first kappa shape index (κ1) is 9.30. The molecule has 1 aliphatic carbocycles. The molecule has 1 rings (SSSR count). The Morgan fingerprint density at radius 1 is 1.50 bits per heavy atom. The molecule has 0 bridgehead atoms. The standard InChI is InChI=1S/C10H16O2/c1-5-6-7-8(9(11)12-4)10(7,2)3/h5-8H,1-4H3/t7-,8?/m1/s1. The zero-order valence-corrected chi connectivity index (χ0v) is 8.13. The fraction of sp³-hybridized carbons (Fsp3) is 0.700. The van der Waals surface area contributed by atoms with Crippen molar-refractivity contribution in [2.24, 2.45) is 17.3 Å². The van der Waals surface area contributed by atoms with Gasteiger partial charge in [0.05, 0.1) is 13.0 Å². The molecular formula is C10H16O2. The summed E-state index contributed by atoms with van der Waals surface area (Å²) in [6.45, 7) is 6.17. The molecule has 0 N–H and O–H groups in total. The van der Waals surface area contributed by atoms with E-state index in [2.05, 4.69) is 19.9 Å². The fourth-order valence-electron chi connectivity index (χ4n) is 1.82. The Bertz CT molecular complexity index is 216. The van der Waals surface area contributed by atoms with Crippen LogP contribution >= 0.6 is 0 Å². The molecule has 0 aromatic rings. The van der Waals surface area contributed by atoms with Gasteiger partial charge in [0.25, 0.3) is 0 Å². The van der Waals surface area contributed by atoms with Gasteiger partial charge in [0.1, 0.15) is 0 Å². The van der Waals surface area contributed by atoms with Gasteiger partial charge in [0.2, 0.25) is 0 Å². The van der Waals surface area contributed by atoms with Crippen LogP contribution in [0, 0.1) is 17.3 Å². The molecule has 0 amide bonds. The number of methoxy groups -OCH3 is 1. The monoisotopic (exact) mass is 168 g/mol. The Hall–Kier alpha value is -0.790. The highest BCUT2D eigenvalue weighted by atomic mass is 16.5. The van der Waals surface area contributed by atoms with Crippen LogP contribution in [0.25, 0.3) is 0 Å². The van der Waals surface area contributed by atoms with E-state index in [1.807, 2.05) is 13.0 Å². The van der Waals surface area contributed by atoms with Gasteiger partial charge in [0, 0.05) is 0 Å². The summed E-state index contributed by atoms with van der Waals surface area (Å²) >= 11 is 0. The molecule has 0 aromatic heterocycles. The van der Waals surface area contributed by atoms with Gasteiger partial charge in [-0.3, -0.25) is 4.79 Å². The zero-order chi connectivity index (χ0) is 9.35. The maximum Gasteiger partial charge on any atom is 0.309 e. The third-order valence-corrected chi connectivity index (χ3v) is 2.77. The predicted molar refractivity (Wildman–Crippen MR) is 47.6 cm³/mol. The summed E-state index contributed by atoms with van der Waals surface area (Å²) in [4.78, 5) is 11.2. The molecule has 1 unspecified atom stereocenters. The van der Waals surface area contributed by atoms with E-state index in [9.17, 15) is 4.79 Å². The molecule has 0 radical (unpaired) electrons. The van der Waals surface area contributed by atoms with E-state index in [0.29, 0.717) is 5.92 Å². The highest BCUT2D eigenvalue weighted by Crippen LogP contribution is 2.59. The first-order valence-electron chi connectivity index (χ1n) is 4.26. The molecule has 1 aliphatic rings. The number of rotatable bonds is 2. The van der Waals surface area contributed by atoms with Gasteiger partial charge in [0.15, 0.2) is 0 Å². The molecule has 2 atom stereocenters. The van der Waals surface area contributed by atoms with Gasteiger partial charge in [-0.2, -0.15) is 0 Å². The number of hydrogen-bond donors (Lipinski definition) is 0. The molecule has 0 heterocycles. The van der Waals surface area contributed by atoms with E-state index in [0.717, 1.165) is 0 Å². The SMILES string of the molecule is CC=C[C@@H]1C(C(=O)OC)C1(C)C. The number of esters is 1. The van der Waals surface area contributed by atoms with Gasteiger partial charge in [-0.25, -0.2) is 0 Å². The van der Waals surface area contributed by atoms with Crippen LogP contribution in [-0.2, 0) is 9.53 Å². The Kier molecular flexibility index (Phi) is 2.27. The Labute approximate surface area is 73.6 Å². The molecule has 0 saturated heterocycles. The molecule has 0 spiro atoms. The minimum atomic E-state index is -0.0805. The Morgan fingerprint density at radius 2 is 2.08 bits per heavy atom. The van der Waals surface area contributed by atoms with Gasteiger partial charge in [-0.1, -0.05) is 26.0 Å². The Morgan fingerprint density at radius 3 is 2.50 bits per heavy atom. The van der Waals surface area contributed by atoms with E-state index >= 15 is 0 Å². The van der Waals surface area contributed by atoms with Crippen LogP contribution in [0.15, 0.2) is 12.2 Å². The minimum absolute atomic E-state index is 0.0682. The molecule has 2 nitrogen and oxygen atoms in total. The first-order chi connectivity index (χ1) is 5.55. The highest BCUT2D eigenvalue weighted by Gasteiger charge is 2.60. The van der Waals surface area contributed by atoms with E-state index in [1.165, 1.54) is 7.11 Å². The van der Waals surface area contributed by atoms with Gasteiger partial charge < -0.3 is 4.74 Å². The molecule has 0 aliphatic heterocycles. The van der Waals surface area contributed by atoms with Crippen molar-refractivity contribution in [2.45, 2.75) is 20.8 Å². The van der Waals surface area contributed by atoms with Crippen LogP contribution in [-0.4, -0.2) is 13.1 Å². The third-order valence-electron chi connectivity index (χ3n) is 2.77. The summed E-state index contributed by atoms with van der Waals surface area (Å²) in [5.41, 5.74) is 0.0968. The van der Waals surface area contributed by atoms with E-state index in [1.54, 1.807) is 0 Å². The number of ether oxygens (including phenoxy) is 1. The van der Waals surface area contributed by atoms with Crippen molar-refractivity contribution < 1.29 is 9.53 Å². The maximum atomic E-state index is 11.2. The van der Waals surface area contributed by atoms with Crippen molar-refractivity contribution in [1.29, 1.82) is 0 Å². The fourth-order valence-corrected chi connectivity index (χ4v) is 1.82. The molecular weight excluding hydrogens is 152 g/mol. The van der Waals surface area contributed by atoms with Gasteiger partial charge in [-0.05, 0) is 18.3 Å². The number of carbonyl (C=O) groups is 1. The summed E-state index contributed by atoms with van der Waals surface area (Å²) in [6.07, 6.45) is 4.08. The van der Waals surface area contributed by atoms with E-state index < -0.39 is 0 Å². The highest BCUT2D eigenvalue weighted by molar-refractivity contribution is 5.78. The molecule has 68 valence electrons. The topological polar surface area (TPSA) is 26.3 Å². The second-order valence-electron chi connectivity index (χ2n) is 3.87. The van der Waals surface area contributed by atoms with Crippen LogP contribution < -0.4 is 0 Å². The van der Waals surface area contributed by atoms with Gasteiger partial charge in [-0.15, -0.1) is 0 Å². The molecule has 1 fully saturated rings. The van der Waals surface area contributed by atoms with Crippen molar-refractivity contribution in [3.05, 3.63) is 12.2 Å². The average Bonchev–Trinajstić information content (AvgIpc) is 2.53. The van der Waals surface area contributed by atoms with Gasteiger partial charge >= 0.3 is 5.97 Å². The Balaban J connectivity index is 2.66. The van der Waals surface area contributed by atoms with Crippen LogP contribution in [0.3, 0.4) is 0 Å². The first-order valence-corrected chi connectivity index (χ1v) is 4.26. The molecule has 12 heavy (non-hydrogen) atoms. The summed E-state index contributed by atoms with van der Waals surface area (Å²) in [7, 11) is 1.45. The normalized spacial score (nSPS) is 32.0. The summed E-state index contributed by atoms with van der Waals surface area (Å²) in [5.74, 6) is 0.358. The van der Waals surface area contributed by atoms with E-state index in [4.69, 9.17) is 4.74 Å². The minimum Gasteiger partial charge on any atom is -0.469 e. The lowest BCUT2D eigenvalue weighted by Gasteiger charge is -1.98. The molecule has 1 saturated carbocycles.